The molecule has 23 heavy (non-hydrogen) atoms. The highest BCUT2D eigenvalue weighted by Crippen LogP contribution is 2.47. The Balaban J connectivity index is 1.68. The first-order valence-corrected chi connectivity index (χ1v) is 7.85. The summed E-state index contributed by atoms with van der Waals surface area (Å²) >= 11 is 0. The summed E-state index contributed by atoms with van der Waals surface area (Å²) in [6, 6.07) is 9.57. The molecule has 0 radical (unpaired) electrons. The first-order chi connectivity index (χ1) is 11.1. The van der Waals surface area contributed by atoms with Crippen LogP contribution in [0.4, 0.5) is 11.4 Å². The van der Waals surface area contributed by atoms with Crippen molar-refractivity contribution in [1.29, 1.82) is 0 Å². The summed E-state index contributed by atoms with van der Waals surface area (Å²) in [5.74, 6) is 3.91. The number of ether oxygens (including phenoxy) is 1. The fourth-order valence-electron chi connectivity index (χ4n) is 2.72. The van der Waals surface area contributed by atoms with Crippen LogP contribution in [-0.4, -0.2) is 13.0 Å². The van der Waals surface area contributed by atoms with Crippen molar-refractivity contribution >= 4 is 17.3 Å². The minimum atomic E-state index is -0.102. The zero-order chi connectivity index (χ0) is 16.4. The van der Waals surface area contributed by atoms with Crippen molar-refractivity contribution in [3.05, 3.63) is 41.9 Å². The first-order valence-electron chi connectivity index (χ1n) is 7.85. The van der Waals surface area contributed by atoms with Gasteiger partial charge < -0.3 is 19.8 Å². The molecule has 5 nitrogen and oxygen atoms in total. The minimum absolute atomic E-state index is 0.102. The SMILES string of the molecule is COc1ccc(NC(C)=O)cc1NCc1ccc([C@H]2C[C@@H]2C)o1. The Kier molecular flexibility index (Phi) is 4.28. The second-order valence-electron chi connectivity index (χ2n) is 6.07. The van der Waals surface area contributed by atoms with Crippen LogP contribution in [0.3, 0.4) is 0 Å². The highest BCUT2D eigenvalue weighted by molar-refractivity contribution is 5.89. The van der Waals surface area contributed by atoms with Crippen LogP contribution < -0.4 is 15.4 Å². The standard InChI is InChI=1S/C18H22N2O3/c1-11-8-15(11)17-7-5-14(23-17)10-19-16-9-13(20-12(2)21)4-6-18(16)22-3/h4-7,9,11,15,19H,8,10H2,1-3H3,(H,20,21)/t11-,15-/m0/s1. The van der Waals surface area contributed by atoms with Crippen molar-refractivity contribution in [3.8, 4) is 5.75 Å². The lowest BCUT2D eigenvalue weighted by Gasteiger charge is -2.12. The molecule has 3 rings (SSSR count). The molecule has 1 amide bonds. The third-order valence-corrected chi connectivity index (χ3v) is 4.13. The molecule has 122 valence electrons. The van der Waals surface area contributed by atoms with E-state index in [4.69, 9.17) is 9.15 Å². The molecule has 0 bridgehead atoms. The molecule has 1 aliphatic carbocycles. The van der Waals surface area contributed by atoms with Crippen molar-refractivity contribution in [2.45, 2.75) is 32.7 Å². The molecule has 0 unspecified atom stereocenters. The number of anilines is 2. The predicted molar refractivity (Wildman–Crippen MR) is 89.9 cm³/mol. The molecular weight excluding hydrogens is 292 g/mol. The van der Waals surface area contributed by atoms with E-state index < -0.39 is 0 Å². The molecule has 1 fully saturated rings. The summed E-state index contributed by atoms with van der Waals surface area (Å²) < 4.78 is 11.3. The number of carbonyl (C=O) groups is 1. The molecule has 2 atom stereocenters. The molecule has 1 aromatic heterocycles. The van der Waals surface area contributed by atoms with E-state index in [1.165, 1.54) is 13.3 Å². The molecular formula is C18H22N2O3. The number of methoxy groups -OCH3 is 1. The normalized spacial score (nSPS) is 19.3. The number of furan rings is 1. The third-order valence-electron chi connectivity index (χ3n) is 4.13. The van der Waals surface area contributed by atoms with Gasteiger partial charge >= 0.3 is 0 Å². The number of nitrogens with one attached hydrogen (secondary N) is 2. The molecule has 1 aromatic carbocycles. The summed E-state index contributed by atoms with van der Waals surface area (Å²) in [5, 5.41) is 6.08. The van der Waals surface area contributed by atoms with Crippen LogP contribution in [0, 0.1) is 5.92 Å². The molecule has 5 heteroatoms. The Labute approximate surface area is 136 Å². The molecule has 2 N–H and O–H groups in total. The Morgan fingerprint density at radius 1 is 1.35 bits per heavy atom. The smallest absolute Gasteiger partial charge is 0.221 e. The number of amides is 1. The van der Waals surface area contributed by atoms with E-state index in [1.807, 2.05) is 24.3 Å². The monoisotopic (exact) mass is 314 g/mol. The van der Waals surface area contributed by atoms with Gasteiger partial charge in [0.1, 0.15) is 17.3 Å². The van der Waals surface area contributed by atoms with Gasteiger partial charge in [-0.2, -0.15) is 0 Å². The van der Waals surface area contributed by atoms with Gasteiger partial charge in [-0.05, 0) is 42.7 Å². The highest BCUT2D eigenvalue weighted by Gasteiger charge is 2.36. The van der Waals surface area contributed by atoms with Crippen LogP contribution >= 0.6 is 0 Å². The fourth-order valence-corrected chi connectivity index (χ4v) is 2.72. The van der Waals surface area contributed by atoms with Gasteiger partial charge in [0.25, 0.3) is 0 Å². The summed E-state index contributed by atoms with van der Waals surface area (Å²) in [4.78, 5) is 11.2. The number of rotatable bonds is 6. The zero-order valence-corrected chi connectivity index (χ0v) is 13.7. The largest absolute Gasteiger partial charge is 0.495 e. The third kappa shape index (κ3) is 3.67. The van der Waals surface area contributed by atoms with Crippen LogP contribution in [-0.2, 0) is 11.3 Å². The van der Waals surface area contributed by atoms with Crippen molar-refractivity contribution in [2.24, 2.45) is 5.92 Å². The van der Waals surface area contributed by atoms with E-state index in [0.717, 1.165) is 34.6 Å². The number of hydrogen-bond acceptors (Lipinski definition) is 4. The quantitative estimate of drug-likeness (QED) is 0.846. The molecule has 1 aliphatic rings. The Hall–Kier alpha value is -2.43. The maximum absolute atomic E-state index is 11.2. The van der Waals surface area contributed by atoms with Crippen molar-refractivity contribution in [2.75, 3.05) is 17.7 Å². The average molecular weight is 314 g/mol. The van der Waals surface area contributed by atoms with Gasteiger partial charge in [-0.25, -0.2) is 0 Å². The molecule has 0 spiro atoms. The van der Waals surface area contributed by atoms with E-state index in [-0.39, 0.29) is 5.91 Å². The molecule has 1 heterocycles. The van der Waals surface area contributed by atoms with Gasteiger partial charge in [-0.3, -0.25) is 4.79 Å². The lowest BCUT2D eigenvalue weighted by atomic mass is 10.2. The van der Waals surface area contributed by atoms with Gasteiger partial charge in [-0.1, -0.05) is 6.92 Å². The van der Waals surface area contributed by atoms with E-state index in [2.05, 4.69) is 23.6 Å². The predicted octanol–water partition coefficient (Wildman–Crippen LogP) is 3.98. The molecule has 1 saturated carbocycles. The van der Waals surface area contributed by atoms with E-state index >= 15 is 0 Å². The van der Waals surface area contributed by atoms with Gasteiger partial charge in [0.15, 0.2) is 0 Å². The summed E-state index contributed by atoms with van der Waals surface area (Å²) in [7, 11) is 1.62. The summed E-state index contributed by atoms with van der Waals surface area (Å²) in [6.07, 6.45) is 1.22. The van der Waals surface area contributed by atoms with E-state index in [0.29, 0.717) is 12.5 Å². The van der Waals surface area contributed by atoms with Crippen molar-refractivity contribution in [3.63, 3.8) is 0 Å². The zero-order valence-electron chi connectivity index (χ0n) is 13.7. The van der Waals surface area contributed by atoms with Crippen LogP contribution in [0.15, 0.2) is 34.7 Å². The summed E-state index contributed by atoms with van der Waals surface area (Å²) in [5.41, 5.74) is 1.55. The van der Waals surface area contributed by atoms with Gasteiger partial charge in [0.2, 0.25) is 5.91 Å². The minimum Gasteiger partial charge on any atom is -0.495 e. The molecule has 2 aromatic rings. The van der Waals surface area contributed by atoms with Crippen LogP contribution in [0.1, 0.15) is 37.7 Å². The lowest BCUT2D eigenvalue weighted by molar-refractivity contribution is -0.114. The molecule has 0 saturated heterocycles. The van der Waals surface area contributed by atoms with Crippen LogP contribution in [0.2, 0.25) is 0 Å². The Morgan fingerprint density at radius 3 is 2.78 bits per heavy atom. The van der Waals surface area contributed by atoms with Gasteiger partial charge in [-0.15, -0.1) is 0 Å². The lowest BCUT2D eigenvalue weighted by Crippen LogP contribution is -2.07. The van der Waals surface area contributed by atoms with Gasteiger partial charge in [0, 0.05) is 18.5 Å². The fraction of sp³-hybridized carbons (Fsp3) is 0.389. The van der Waals surface area contributed by atoms with Crippen molar-refractivity contribution < 1.29 is 13.9 Å². The number of hydrogen-bond donors (Lipinski definition) is 2. The van der Waals surface area contributed by atoms with Gasteiger partial charge in [0.05, 0.1) is 19.3 Å². The number of carbonyl (C=O) groups excluding carboxylic acids is 1. The molecule has 0 aliphatic heterocycles. The number of benzene rings is 1. The van der Waals surface area contributed by atoms with Crippen LogP contribution in [0.5, 0.6) is 5.75 Å². The maximum atomic E-state index is 11.2. The summed E-state index contributed by atoms with van der Waals surface area (Å²) in [6.45, 7) is 4.30. The Bertz CT molecular complexity index is 708. The van der Waals surface area contributed by atoms with E-state index in [1.54, 1.807) is 7.11 Å². The highest BCUT2D eigenvalue weighted by atomic mass is 16.5. The second-order valence-corrected chi connectivity index (χ2v) is 6.07. The van der Waals surface area contributed by atoms with Crippen LogP contribution in [0.25, 0.3) is 0 Å². The maximum Gasteiger partial charge on any atom is 0.221 e. The average Bonchev–Trinajstić information content (AvgIpc) is 3.07. The first kappa shape index (κ1) is 15.5. The second kappa shape index (κ2) is 6.36. The van der Waals surface area contributed by atoms with E-state index in [9.17, 15) is 4.79 Å². The topological polar surface area (TPSA) is 63.5 Å². The Morgan fingerprint density at radius 2 is 2.13 bits per heavy atom. The van der Waals surface area contributed by atoms with Crippen molar-refractivity contribution in [1.82, 2.24) is 0 Å².